The third-order valence-electron chi connectivity index (χ3n) is 1.47. The van der Waals surface area contributed by atoms with Crippen LogP contribution in [0.1, 0.15) is 31.3 Å². The van der Waals surface area contributed by atoms with Crippen LogP contribution in [0.4, 0.5) is 0 Å². The molecule has 1 aromatic rings. The summed E-state index contributed by atoms with van der Waals surface area (Å²) < 4.78 is 10.2. The quantitative estimate of drug-likeness (QED) is 0.461. The molecule has 0 saturated heterocycles. The summed E-state index contributed by atoms with van der Waals surface area (Å²) in [7, 11) is 0. The normalized spacial score (nSPS) is 11.2. The van der Waals surface area contributed by atoms with Crippen molar-refractivity contribution in [1.29, 1.82) is 0 Å². The molecule has 0 aromatic carbocycles. The highest BCUT2D eigenvalue weighted by atomic mass is 32.2. The first-order valence-electron chi connectivity index (χ1n) is 4.80. The Morgan fingerprint density at radius 1 is 1.50 bits per heavy atom. The number of rotatable bonds is 4. The summed E-state index contributed by atoms with van der Waals surface area (Å²) in [6, 6.07) is 3.21. The van der Waals surface area contributed by atoms with Crippen molar-refractivity contribution in [2.75, 3.05) is 5.75 Å². The van der Waals surface area contributed by atoms with E-state index >= 15 is 0 Å². The molecule has 1 aromatic heterocycles. The van der Waals surface area contributed by atoms with E-state index < -0.39 is 5.60 Å². The standard InChI is InChI=1S/C11H14O4S/c1-11(2,3)15-9(13)7-16-10-5-4-8(6-12)14-10/h4-6H,7H2,1-3H3. The highest BCUT2D eigenvalue weighted by Crippen LogP contribution is 2.21. The van der Waals surface area contributed by atoms with Crippen molar-refractivity contribution >= 4 is 24.0 Å². The van der Waals surface area contributed by atoms with E-state index in [0.717, 1.165) is 0 Å². The maximum absolute atomic E-state index is 11.4. The molecule has 0 aliphatic heterocycles. The Kier molecular flexibility index (Phi) is 4.18. The van der Waals surface area contributed by atoms with Crippen LogP contribution < -0.4 is 0 Å². The van der Waals surface area contributed by atoms with Crippen LogP contribution in [0.3, 0.4) is 0 Å². The number of aldehydes is 1. The molecule has 16 heavy (non-hydrogen) atoms. The van der Waals surface area contributed by atoms with Crippen LogP contribution in [0.15, 0.2) is 21.6 Å². The fourth-order valence-corrected chi connectivity index (χ4v) is 1.61. The minimum absolute atomic E-state index is 0.170. The number of carbonyl (C=O) groups excluding carboxylic acids is 2. The molecule has 0 amide bonds. The smallest absolute Gasteiger partial charge is 0.316 e. The van der Waals surface area contributed by atoms with Crippen molar-refractivity contribution in [2.24, 2.45) is 0 Å². The number of esters is 1. The van der Waals surface area contributed by atoms with Crippen LogP contribution in [-0.4, -0.2) is 23.6 Å². The number of carbonyl (C=O) groups is 2. The second-order valence-corrected chi connectivity index (χ2v) is 5.13. The lowest BCUT2D eigenvalue weighted by atomic mass is 10.2. The zero-order chi connectivity index (χ0) is 12.2. The maximum Gasteiger partial charge on any atom is 0.316 e. The second kappa shape index (κ2) is 5.21. The summed E-state index contributed by atoms with van der Waals surface area (Å²) in [6.07, 6.45) is 0.623. The molecule has 0 unspecified atom stereocenters. The summed E-state index contributed by atoms with van der Waals surface area (Å²) >= 11 is 1.21. The molecule has 4 nitrogen and oxygen atoms in total. The molecule has 0 bridgehead atoms. The number of furan rings is 1. The molecule has 1 rings (SSSR count). The van der Waals surface area contributed by atoms with Gasteiger partial charge in [-0.3, -0.25) is 9.59 Å². The highest BCUT2D eigenvalue weighted by molar-refractivity contribution is 7.99. The Balaban J connectivity index is 2.40. The largest absolute Gasteiger partial charge is 0.459 e. The van der Waals surface area contributed by atoms with Gasteiger partial charge >= 0.3 is 5.97 Å². The van der Waals surface area contributed by atoms with Crippen molar-refractivity contribution in [3.63, 3.8) is 0 Å². The Hall–Kier alpha value is -1.23. The minimum Gasteiger partial charge on any atom is -0.459 e. The van der Waals surface area contributed by atoms with E-state index in [-0.39, 0.29) is 17.5 Å². The molecule has 0 N–H and O–H groups in total. The molecule has 0 fully saturated rings. The summed E-state index contributed by atoms with van der Waals surface area (Å²) in [6.45, 7) is 5.44. The number of thioether (sulfide) groups is 1. The van der Waals surface area contributed by atoms with Crippen LogP contribution in [0.25, 0.3) is 0 Å². The van der Waals surface area contributed by atoms with Gasteiger partial charge < -0.3 is 9.15 Å². The molecule has 0 saturated carbocycles. The first kappa shape index (κ1) is 12.8. The lowest BCUT2D eigenvalue weighted by molar-refractivity contribution is -0.151. The van der Waals surface area contributed by atoms with Gasteiger partial charge in [-0.25, -0.2) is 0 Å². The number of hydrogen-bond donors (Lipinski definition) is 0. The summed E-state index contributed by atoms with van der Waals surface area (Å²) in [5.74, 6) is 0.122. The molecule has 1 heterocycles. The van der Waals surface area contributed by atoms with Crippen LogP contribution >= 0.6 is 11.8 Å². The van der Waals surface area contributed by atoms with Crippen molar-refractivity contribution < 1.29 is 18.7 Å². The second-order valence-electron chi connectivity index (χ2n) is 4.15. The molecule has 5 heteroatoms. The maximum atomic E-state index is 11.4. The van der Waals surface area contributed by atoms with Crippen LogP contribution in [-0.2, 0) is 9.53 Å². The van der Waals surface area contributed by atoms with Gasteiger partial charge in [0.2, 0.25) is 0 Å². The van der Waals surface area contributed by atoms with E-state index in [4.69, 9.17) is 9.15 Å². The Bertz CT molecular complexity index is 376. The third-order valence-corrected chi connectivity index (χ3v) is 2.35. The molecule has 88 valence electrons. The fourth-order valence-electron chi connectivity index (χ4n) is 0.976. The molecule has 0 spiro atoms. The Morgan fingerprint density at radius 3 is 2.69 bits per heavy atom. The van der Waals surface area contributed by atoms with E-state index in [1.54, 1.807) is 12.1 Å². The van der Waals surface area contributed by atoms with Crippen molar-refractivity contribution in [1.82, 2.24) is 0 Å². The average Bonchev–Trinajstić information content (AvgIpc) is 2.59. The number of ether oxygens (including phenoxy) is 1. The van der Waals surface area contributed by atoms with Crippen molar-refractivity contribution in [3.8, 4) is 0 Å². The zero-order valence-electron chi connectivity index (χ0n) is 9.48. The van der Waals surface area contributed by atoms with Crippen LogP contribution in [0, 0.1) is 0 Å². The van der Waals surface area contributed by atoms with Gasteiger partial charge in [0, 0.05) is 0 Å². The Labute approximate surface area is 98.3 Å². The lowest BCUT2D eigenvalue weighted by Crippen LogP contribution is -2.24. The van der Waals surface area contributed by atoms with Gasteiger partial charge in [0.1, 0.15) is 5.60 Å². The van der Waals surface area contributed by atoms with Gasteiger partial charge in [-0.05, 0) is 32.9 Å². The topological polar surface area (TPSA) is 56.5 Å². The van der Waals surface area contributed by atoms with Gasteiger partial charge in [-0.2, -0.15) is 0 Å². The van der Waals surface area contributed by atoms with Gasteiger partial charge in [-0.1, -0.05) is 11.8 Å². The molecule has 0 aliphatic carbocycles. The lowest BCUT2D eigenvalue weighted by Gasteiger charge is -2.18. The van der Waals surface area contributed by atoms with E-state index in [0.29, 0.717) is 11.4 Å². The van der Waals surface area contributed by atoms with Crippen LogP contribution in [0.2, 0.25) is 0 Å². The van der Waals surface area contributed by atoms with E-state index in [9.17, 15) is 9.59 Å². The van der Waals surface area contributed by atoms with E-state index in [1.807, 2.05) is 20.8 Å². The molecule has 0 aliphatic rings. The molecule has 0 radical (unpaired) electrons. The van der Waals surface area contributed by atoms with Crippen molar-refractivity contribution in [3.05, 3.63) is 17.9 Å². The SMILES string of the molecule is CC(C)(C)OC(=O)CSc1ccc(C=O)o1. The zero-order valence-corrected chi connectivity index (χ0v) is 10.3. The third kappa shape index (κ3) is 4.53. The summed E-state index contributed by atoms with van der Waals surface area (Å²) in [4.78, 5) is 21.7. The van der Waals surface area contributed by atoms with Gasteiger partial charge in [-0.15, -0.1) is 0 Å². The predicted octanol–water partition coefficient (Wildman–Crippen LogP) is 2.53. The molecular weight excluding hydrogens is 228 g/mol. The Morgan fingerprint density at radius 2 is 2.19 bits per heavy atom. The first-order chi connectivity index (χ1) is 7.40. The van der Waals surface area contributed by atoms with Gasteiger partial charge in [0.25, 0.3) is 0 Å². The predicted molar refractivity (Wildman–Crippen MR) is 60.7 cm³/mol. The molecule has 0 atom stereocenters. The monoisotopic (exact) mass is 242 g/mol. The van der Waals surface area contributed by atoms with Crippen LogP contribution in [0.5, 0.6) is 0 Å². The van der Waals surface area contributed by atoms with Gasteiger partial charge in [0.05, 0.1) is 5.75 Å². The van der Waals surface area contributed by atoms with E-state index in [1.165, 1.54) is 11.8 Å². The summed E-state index contributed by atoms with van der Waals surface area (Å²) in [5.41, 5.74) is -0.477. The van der Waals surface area contributed by atoms with Gasteiger partial charge in [0.15, 0.2) is 17.1 Å². The molecular formula is C11H14O4S. The number of hydrogen-bond acceptors (Lipinski definition) is 5. The fraction of sp³-hybridized carbons (Fsp3) is 0.455. The van der Waals surface area contributed by atoms with E-state index in [2.05, 4.69) is 0 Å². The first-order valence-corrected chi connectivity index (χ1v) is 5.79. The minimum atomic E-state index is -0.477. The highest BCUT2D eigenvalue weighted by Gasteiger charge is 2.16. The van der Waals surface area contributed by atoms with Crippen molar-refractivity contribution in [2.45, 2.75) is 31.5 Å². The summed E-state index contributed by atoms with van der Waals surface area (Å²) in [5, 5.41) is 0.535. The average molecular weight is 242 g/mol.